The van der Waals surface area contributed by atoms with E-state index in [1.165, 1.54) is 6.07 Å². The lowest BCUT2D eigenvalue weighted by molar-refractivity contribution is 0.474. The van der Waals surface area contributed by atoms with E-state index in [1.54, 1.807) is 12.1 Å². The molecule has 2 aromatic carbocycles. The van der Waals surface area contributed by atoms with Crippen molar-refractivity contribution in [1.82, 2.24) is 5.32 Å². The van der Waals surface area contributed by atoms with E-state index in [4.69, 9.17) is 23.8 Å². The van der Waals surface area contributed by atoms with Crippen LogP contribution in [0, 0.1) is 0 Å². The summed E-state index contributed by atoms with van der Waals surface area (Å²) in [6.07, 6.45) is 0. The van der Waals surface area contributed by atoms with Gasteiger partial charge < -0.3 is 10.4 Å². The van der Waals surface area contributed by atoms with Crippen LogP contribution >= 0.6 is 39.7 Å². The van der Waals surface area contributed by atoms with E-state index in [0.717, 1.165) is 10.0 Å². The summed E-state index contributed by atoms with van der Waals surface area (Å²) in [5.41, 5.74) is 1.65. The van der Waals surface area contributed by atoms with Crippen LogP contribution in [0.5, 0.6) is 5.75 Å². The van der Waals surface area contributed by atoms with Gasteiger partial charge in [-0.3, -0.25) is 0 Å². The van der Waals surface area contributed by atoms with Gasteiger partial charge in [0.25, 0.3) is 0 Å². The van der Waals surface area contributed by atoms with Crippen molar-refractivity contribution >= 4 is 44.7 Å². The number of hydrogen-bond acceptors (Lipinski definition) is 2. The van der Waals surface area contributed by atoms with Gasteiger partial charge in [0.1, 0.15) is 10.7 Å². The zero-order chi connectivity index (χ0) is 13.8. The topological polar surface area (TPSA) is 32.3 Å². The predicted octanol–water partition coefficient (Wildman–Crippen LogP) is 4.27. The highest BCUT2D eigenvalue weighted by Gasteiger charge is 2.07. The Hall–Kier alpha value is -1.10. The van der Waals surface area contributed by atoms with Crippen LogP contribution in [-0.4, -0.2) is 10.1 Å². The standard InChI is InChI=1S/C14H11BrClNOS/c15-10-3-1-9(2-4-10)8-17-14(19)12-7-11(16)5-6-13(12)18/h1-7,18H,8H2,(H,17,19). The average Bonchev–Trinajstić information content (AvgIpc) is 2.40. The molecule has 0 bridgehead atoms. The minimum atomic E-state index is 0.123. The van der Waals surface area contributed by atoms with Gasteiger partial charge in [-0.05, 0) is 35.9 Å². The van der Waals surface area contributed by atoms with Crippen LogP contribution in [0.1, 0.15) is 11.1 Å². The first kappa shape index (κ1) is 14.3. The Bertz CT molecular complexity index is 601. The van der Waals surface area contributed by atoms with E-state index in [9.17, 15) is 5.11 Å². The Morgan fingerprint density at radius 2 is 1.89 bits per heavy atom. The molecule has 2 aromatic rings. The van der Waals surface area contributed by atoms with Gasteiger partial charge in [0, 0.05) is 16.0 Å². The molecule has 0 radical (unpaired) electrons. The minimum Gasteiger partial charge on any atom is -0.507 e. The monoisotopic (exact) mass is 355 g/mol. The number of phenols is 1. The molecule has 0 aromatic heterocycles. The van der Waals surface area contributed by atoms with Crippen molar-refractivity contribution in [1.29, 1.82) is 0 Å². The lowest BCUT2D eigenvalue weighted by Crippen LogP contribution is -2.21. The second-order valence-electron chi connectivity index (χ2n) is 3.97. The zero-order valence-corrected chi connectivity index (χ0v) is 13.0. The number of nitrogens with one attached hydrogen (secondary N) is 1. The molecule has 0 atom stereocenters. The highest BCUT2D eigenvalue weighted by molar-refractivity contribution is 9.10. The number of thiocarbonyl (C=S) groups is 1. The maximum Gasteiger partial charge on any atom is 0.125 e. The normalized spacial score (nSPS) is 10.2. The maximum atomic E-state index is 9.75. The highest BCUT2D eigenvalue weighted by Crippen LogP contribution is 2.21. The number of phenolic OH excluding ortho intramolecular Hbond substituents is 1. The Morgan fingerprint density at radius 1 is 1.21 bits per heavy atom. The molecule has 0 saturated carbocycles. The second kappa shape index (κ2) is 6.37. The van der Waals surface area contributed by atoms with E-state index in [0.29, 0.717) is 22.1 Å². The SMILES string of the molecule is Oc1ccc(Cl)cc1C(=S)NCc1ccc(Br)cc1. The van der Waals surface area contributed by atoms with E-state index < -0.39 is 0 Å². The summed E-state index contributed by atoms with van der Waals surface area (Å²) < 4.78 is 1.03. The lowest BCUT2D eigenvalue weighted by Gasteiger charge is -2.10. The van der Waals surface area contributed by atoms with E-state index in [-0.39, 0.29) is 5.75 Å². The first-order chi connectivity index (χ1) is 9.06. The number of aromatic hydroxyl groups is 1. The average molecular weight is 357 g/mol. The molecule has 0 fully saturated rings. The van der Waals surface area contributed by atoms with Crippen molar-refractivity contribution in [2.45, 2.75) is 6.54 Å². The lowest BCUT2D eigenvalue weighted by atomic mass is 10.2. The van der Waals surface area contributed by atoms with Crippen molar-refractivity contribution in [3.8, 4) is 5.75 Å². The molecule has 0 spiro atoms. The molecule has 0 saturated heterocycles. The summed E-state index contributed by atoms with van der Waals surface area (Å²) in [6, 6.07) is 12.7. The first-order valence-electron chi connectivity index (χ1n) is 5.57. The summed E-state index contributed by atoms with van der Waals surface area (Å²) >= 11 is 14.5. The van der Waals surface area contributed by atoms with Crippen LogP contribution in [0.15, 0.2) is 46.9 Å². The van der Waals surface area contributed by atoms with E-state index in [2.05, 4.69) is 21.2 Å². The highest BCUT2D eigenvalue weighted by atomic mass is 79.9. The molecule has 98 valence electrons. The summed E-state index contributed by atoms with van der Waals surface area (Å²) in [5, 5.41) is 13.4. The molecular weight excluding hydrogens is 346 g/mol. The maximum absolute atomic E-state index is 9.75. The van der Waals surface area contributed by atoms with Crippen molar-refractivity contribution in [2.75, 3.05) is 0 Å². The van der Waals surface area contributed by atoms with Crippen LogP contribution in [0.25, 0.3) is 0 Å². The largest absolute Gasteiger partial charge is 0.507 e. The summed E-state index contributed by atoms with van der Waals surface area (Å²) in [6.45, 7) is 0.595. The Morgan fingerprint density at radius 3 is 2.58 bits per heavy atom. The molecular formula is C14H11BrClNOS. The van der Waals surface area contributed by atoms with Crippen molar-refractivity contribution in [3.63, 3.8) is 0 Å². The van der Waals surface area contributed by atoms with Gasteiger partial charge in [0.2, 0.25) is 0 Å². The van der Waals surface area contributed by atoms with Gasteiger partial charge >= 0.3 is 0 Å². The fourth-order valence-electron chi connectivity index (χ4n) is 1.57. The zero-order valence-electron chi connectivity index (χ0n) is 9.86. The van der Waals surface area contributed by atoms with Crippen molar-refractivity contribution in [3.05, 3.63) is 63.1 Å². The molecule has 0 heterocycles. The molecule has 2 nitrogen and oxygen atoms in total. The van der Waals surface area contributed by atoms with Gasteiger partial charge in [-0.25, -0.2) is 0 Å². The first-order valence-corrected chi connectivity index (χ1v) is 7.15. The minimum absolute atomic E-state index is 0.123. The number of benzene rings is 2. The Balaban J connectivity index is 2.05. The third kappa shape index (κ3) is 3.93. The molecule has 0 aliphatic heterocycles. The van der Waals surface area contributed by atoms with Gasteiger partial charge in [0.05, 0.1) is 5.56 Å². The van der Waals surface area contributed by atoms with Gasteiger partial charge in [0.15, 0.2) is 0 Å². The molecule has 0 unspecified atom stereocenters. The third-order valence-corrected chi connectivity index (χ3v) is 3.70. The predicted molar refractivity (Wildman–Crippen MR) is 85.8 cm³/mol. The number of rotatable bonds is 3. The quantitative estimate of drug-likeness (QED) is 0.805. The van der Waals surface area contributed by atoms with Crippen LogP contribution < -0.4 is 5.32 Å². The fraction of sp³-hybridized carbons (Fsp3) is 0.0714. The summed E-state index contributed by atoms with van der Waals surface area (Å²) in [7, 11) is 0. The van der Waals surface area contributed by atoms with Crippen LogP contribution in [0.4, 0.5) is 0 Å². The molecule has 5 heteroatoms. The Labute approximate surface area is 130 Å². The van der Waals surface area contributed by atoms with E-state index >= 15 is 0 Å². The molecule has 0 amide bonds. The van der Waals surface area contributed by atoms with Crippen LogP contribution in [0.2, 0.25) is 5.02 Å². The molecule has 0 aliphatic carbocycles. The molecule has 2 N–H and O–H groups in total. The third-order valence-electron chi connectivity index (χ3n) is 2.57. The Kier molecular flexibility index (Phi) is 4.80. The summed E-state index contributed by atoms with van der Waals surface area (Å²) in [5.74, 6) is 0.123. The molecule has 19 heavy (non-hydrogen) atoms. The van der Waals surface area contributed by atoms with Crippen molar-refractivity contribution in [2.24, 2.45) is 0 Å². The van der Waals surface area contributed by atoms with Crippen LogP contribution in [-0.2, 0) is 6.54 Å². The van der Waals surface area contributed by atoms with Crippen molar-refractivity contribution < 1.29 is 5.11 Å². The van der Waals surface area contributed by atoms with E-state index in [1.807, 2.05) is 24.3 Å². The second-order valence-corrected chi connectivity index (χ2v) is 5.73. The van der Waals surface area contributed by atoms with Crippen LogP contribution in [0.3, 0.4) is 0 Å². The number of hydrogen-bond donors (Lipinski definition) is 2. The number of halogens is 2. The molecule has 2 rings (SSSR count). The smallest absolute Gasteiger partial charge is 0.125 e. The fourth-order valence-corrected chi connectivity index (χ4v) is 2.24. The van der Waals surface area contributed by atoms with Gasteiger partial charge in [-0.15, -0.1) is 0 Å². The molecule has 0 aliphatic rings. The van der Waals surface area contributed by atoms with Gasteiger partial charge in [-0.2, -0.15) is 0 Å². The summed E-state index contributed by atoms with van der Waals surface area (Å²) in [4.78, 5) is 0.475. The van der Waals surface area contributed by atoms with Gasteiger partial charge in [-0.1, -0.05) is 51.9 Å².